The van der Waals surface area contributed by atoms with Gasteiger partial charge in [-0.05, 0) is 12.5 Å². The van der Waals surface area contributed by atoms with Crippen LogP contribution in [0.3, 0.4) is 0 Å². The number of nitrogens with zero attached hydrogens (tertiary/aromatic N) is 1. The van der Waals surface area contributed by atoms with Gasteiger partial charge in [0.1, 0.15) is 16.9 Å². The number of rotatable bonds is 3. The molecule has 98 valence electrons. The number of hydrogen-bond acceptors (Lipinski definition) is 3. The quantitative estimate of drug-likeness (QED) is 0.473. The van der Waals surface area contributed by atoms with Crippen LogP contribution in [0.5, 0.6) is 5.75 Å². The van der Waals surface area contributed by atoms with E-state index < -0.39 is 4.92 Å². The van der Waals surface area contributed by atoms with Gasteiger partial charge in [-0.15, -0.1) is 0 Å². The highest BCUT2D eigenvalue weighted by Crippen LogP contribution is 2.47. The van der Waals surface area contributed by atoms with Gasteiger partial charge in [0.2, 0.25) is 0 Å². The largest absolute Gasteiger partial charge is 0.490 e. The molecule has 18 heavy (non-hydrogen) atoms. The highest BCUT2D eigenvalue weighted by Gasteiger charge is 2.48. The third-order valence-electron chi connectivity index (χ3n) is 3.45. The molecule has 6 heteroatoms. The molecule has 0 aliphatic heterocycles. The van der Waals surface area contributed by atoms with E-state index in [1.165, 1.54) is 12.1 Å². The number of nitro benzene ring substituents is 1. The van der Waals surface area contributed by atoms with Crippen molar-refractivity contribution in [2.24, 2.45) is 5.41 Å². The van der Waals surface area contributed by atoms with Gasteiger partial charge in [0, 0.05) is 22.4 Å². The van der Waals surface area contributed by atoms with Gasteiger partial charge in [-0.25, -0.2) is 0 Å². The molecule has 0 radical (unpaired) electrons. The smallest absolute Gasteiger partial charge is 0.288 e. The second-order valence-corrected chi connectivity index (χ2v) is 6.51. The van der Waals surface area contributed by atoms with E-state index in [4.69, 9.17) is 16.3 Å². The fourth-order valence-electron chi connectivity index (χ4n) is 1.91. The molecule has 1 aliphatic carbocycles. The normalized spacial score (nSPS) is 25.3. The molecule has 0 N–H and O–H groups in total. The first kappa shape index (κ1) is 13.6. The van der Waals surface area contributed by atoms with Gasteiger partial charge in [0.25, 0.3) is 5.69 Å². The molecule has 1 aromatic carbocycles. The first-order chi connectivity index (χ1) is 8.32. The maximum absolute atomic E-state index is 10.6. The van der Waals surface area contributed by atoms with Gasteiger partial charge in [0.15, 0.2) is 0 Å². The Morgan fingerprint density at radius 1 is 1.56 bits per heavy atom. The first-order valence-electron chi connectivity index (χ1n) is 5.57. The van der Waals surface area contributed by atoms with E-state index in [1.54, 1.807) is 6.07 Å². The van der Waals surface area contributed by atoms with E-state index in [-0.39, 0.29) is 22.2 Å². The number of ether oxygens (including phenoxy) is 1. The van der Waals surface area contributed by atoms with E-state index >= 15 is 0 Å². The molecule has 0 bridgehead atoms. The highest BCUT2D eigenvalue weighted by atomic mass is 79.9. The van der Waals surface area contributed by atoms with Crippen molar-refractivity contribution in [2.45, 2.75) is 31.2 Å². The number of alkyl halides is 1. The van der Waals surface area contributed by atoms with Crippen LogP contribution in [0.4, 0.5) is 5.69 Å². The number of benzene rings is 1. The second-order valence-electron chi connectivity index (χ2n) is 5.00. The minimum absolute atomic E-state index is 0.0499. The van der Waals surface area contributed by atoms with Crippen LogP contribution in [0.15, 0.2) is 18.2 Å². The summed E-state index contributed by atoms with van der Waals surface area (Å²) in [7, 11) is 0. The van der Waals surface area contributed by atoms with Crippen molar-refractivity contribution >= 4 is 33.2 Å². The van der Waals surface area contributed by atoms with Crippen molar-refractivity contribution in [2.75, 3.05) is 0 Å². The molecule has 2 rings (SSSR count). The van der Waals surface area contributed by atoms with Gasteiger partial charge in [0.05, 0.1) is 4.92 Å². The Morgan fingerprint density at radius 3 is 2.67 bits per heavy atom. The highest BCUT2D eigenvalue weighted by molar-refractivity contribution is 9.09. The fraction of sp³-hybridized carbons (Fsp3) is 0.500. The van der Waals surface area contributed by atoms with Crippen LogP contribution in [-0.2, 0) is 0 Å². The lowest BCUT2D eigenvalue weighted by Gasteiger charge is -2.48. The lowest BCUT2D eigenvalue weighted by Crippen LogP contribution is -2.53. The molecular weight excluding hydrogens is 321 g/mol. The third kappa shape index (κ3) is 2.34. The molecule has 0 amide bonds. The third-order valence-corrected chi connectivity index (χ3v) is 5.31. The summed E-state index contributed by atoms with van der Waals surface area (Å²) in [6.45, 7) is 4.24. The summed E-state index contributed by atoms with van der Waals surface area (Å²) >= 11 is 9.42. The maximum Gasteiger partial charge on any atom is 0.288 e. The van der Waals surface area contributed by atoms with Crippen LogP contribution in [0.25, 0.3) is 0 Å². The van der Waals surface area contributed by atoms with Crippen molar-refractivity contribution in [1.29, 1.82) is 0 Å². The SMILES string of the molecule is CC1(C)C(Br)CC1Oc1ccc([N+](=O)[O-])c(Cl)c1. The van der Waals surface area contributed by atoms with Crippen LogP contribution in [0.1, 0.15) is 20.3 Å². The lowest BCUT2D eigenvalue weighted by molar-refractivity contribution is -0.384. The van der Waals surface area contributed by atoms with Gasteiger partial charge in [-0.2, -0.15) is 0 Å². The summed E-state index contributed by atoms with van der Waals surface area (Å²) in [6, 6.07) is 4.45. The number of halogens is 2. The molecule has 1 aliphatic rings. The summed E-state index contributed by atoms with van der Waals surface area (Å²) in [5, 5.41) is 10.7. The Morgan fingerprint density at radius 2 is 2.22 bits per heavy atom. The Labute approximate surface area is 119 Å². The van der Waals surface area contributed by atoms with Gasteiger partial charge >= 0.3 is 0 Å². The molecule has 4 nitrogen and oxygen atoms in total. The molecular formula is C12H13BrClNO3. The Hall–Kier alpha value is -0.810. The Balaban J connectivity index is 2.12. The van der Waals surface area contributed by atoms with Gasteiger partial charge in [-0.1, -0.05) is 41.4 Å². The summed E-state index contributed by atoms with van der Waals surface area (Å²) < 4.78 is 5.81. The summed E-state index contributed by atoms with van der Waals surface area (Å²) in [5.41, 5.74) is -0.0518. The molecule has 1 aromatic rings. The molecule has 0 aromatic heterocycles. The maximum atomic E-state index is 10.6. The van der Waals surface area contributed by atoms with Crippen LogP contribution < -0.4 is 4.74 Å². The number of hydrogen-bond donors (Lipinski definition) is 0. The Bertz CT molecular complexity index is 492. The van der Waals surface area contributed by atoms with Crippen LogP contribution in [0, 0.1) is 15.5 Å². The summed E-state index contributed by atoms with van der Waals surface area (Å²) in [4.78, 5) is 10.6. The molecule has 0 saturated heterocycles. The average molecular weight is 335 g/mol. The van der Waals surface area contributed by atoms with Crippen molar-refractivity contribution in [3.8, 4) is 5.75 Å². The van der Waals surface area contributed by atoms with E-state index in [0.29, 0.717) is 10.6 Å². The molecule has 1 saturated carbocycles. The van der Waals surface area contributed by atoms with Crippen LogP contribution in [-0.4, -0.2) is 15.9 Å². The monoisotopic (exact) mass is 333 g/mol. The fourth-order valence-corrected chi connectivity index (χ4v) is 2.78. The van der Waals surface area contributed by atoms with Gasteiger partial charge < -0.3 is 4.74 Å². The molecule has 1 fully saturated rings. The predicted molar refractivity (Wildman–Crippen MR) is 73.6 cm³/mol. The molecule has 0 heterocycles. The van der Waals surface area contributed by atoms with Crippen molar-refractivity contribution in [1.82, 2.24) is 0 Å². The predicted octanol–water partition coefficient (Wildman–Crippen LogP) is 4.19. The lowest BCUT2D eigenvalue weighted by atomic mass is 9.69. The van der Waals surface area contributed by atoms with E-state index in [9.17, 15) is 10.1 Å². The second kappa shape index (κ2) is 4.70. The zero-order valence-electron chi connectivity index (χ0n) is 10.0. The zero-order chi connectivity index (χ0) is 13.5. The molecule has 2 atom stereocenters. The van der Waals surface area contributed by atoms with Crippen molar-refractivity contribution in [3.05, 3.63) is 33.3 Å². The standard InChI is InChI=1S/C12H13BrClNO3/c1-12(2)10(13)6-11(12)18-7-3-4-9(15(16)17)8(14)5-7/h3-5,10-11H,6H2,1-2H3. The topological polar surface area (TPSA) is 52.4 Å². The van der Waals surface area contributed by atoms with Crippen LogP contribution in [0.2, 0.25) is 5.02 Å². The average Bonchev–Trinajstić information content (AvgIpc) is 2.28. The molecule has 0 spiro atoms. The van der Waals surface area contributed by atoms with Crippen molar-refractivity contribution < 1.29 is 9.66 Å². The van der Waals surface area contributed by atoms with E-state index in [0.717, 1.165) is 6.42 Å². The van der Waals surface area contributed by atoms with E-state index in [1.807, 2.05) is 0 Å². The van der Waals surface area contributed by atoms with Gasteiger partial charge in [-0.3, -0.25) is 10.1 Å². The number of nitro groups is 1. The van der Waals surface area contributed by atoms with Crippen LogP contribution >= 0.6 is 27.5 Å². The summed E-state index contributed by atoms with van der Waals surface area (Å²) in [5.74, 6) is 0.572. The molecule has 2 unspecified atom stereocenters. The van der Waals surface area contributed by atoms with E-state index in [2.05, 4.69) is 29.8 Å². The Kier molecular flexibility index (Phi) is 3.56. The zero-order valence-corrected chi connectivity index (χ0v) is 12.4. The minimum Gasteiger partial charge on any atom is -0.490 e. The summed E-state index contributed by atoms with van der Waals surface area (Å²) in [6.07, 6.45) is 1.01. The van der Waals surface area contributed by atoms with Crippen molar-refractivity contribution in [3.63, 3.8) is 0 Å². The minimum atomic E-state index is -0.506. The first-order valence-corrected chi connectivity index (χ1v) is 6.86.